The minimum atomic E-state index is -0.177. The number of benzene rings is 1. The van der Waals surface area contributed by atoms with Gasteiger partial charge in [0.25, 0.3) is 0 Å². The summed E-state index contributed by atoms with van der Waals surface area (Å²) in [6.07, 6.45) is 10.2. The van der Waals surface area contributed by atoms with Gasteiger partial charge >= 0.3 is 5.97 Å². The van der Waals surface area contributed by atoms with Crippen molar-refractivity contribution < 1.29 is 9.53 Å². The normalized spacial score (nSPS) is 23.8. The van der Waals surface area contributed by atoms with Gasteiger partial charge in [-0.15, -0.1) is 0 Å². The van der Waals surface area contributed by atoms with E-state index in [-0.39, 0.29) is 23.9 Å². The van der Waals surface area contributed by atoms with Crippen molar-refractivity contribution in [2.45, 2.75) is 51.0 Å². The highest BCUT2D eigenvalue weighted by atomic mass is 16.5. The molecule has 2 aliphatic rings. The van der Waals surface area contributed by atoms with Crippen molar-refractivity contribution in [3.8, 4) is 0 Å². The number of likely N-dealkylation sites (tertiary alicyclic amines) is 1. The number of carbonyl (C=O) groups excluding carboxylic acids is 1. The average Bonchev–Trinajstić information content (AvgIpc) is 3.10. The summed E-state index contributed by atoms with van der Waals surface area (Å²) >= 11 is 0. The van der Waals surface area contributed by atoms with Crippen LogP contribution in [0.25, 0.3) is 0 Å². The Morgan fingerprint density at radius 2 is 1.96 bits per heavy atom. The van der Waals surface area contributed by atoms with Crippen LogP contribution in [-0.2, 0) is 9.53 Å². The zero-order valence-corrected chi connectivity index (χ0v) is 14.7. The van der Waals surface area contributed by atoms with E-state index >= 15 is 0 Å². The molecule has 1 saturated heterocycles. The zero-order chi connectivity index (χ0) is 16.8. The first kappa shape index (κ1) is 17.2. The van der Waals surface area contributed by atoms with Crippen LogP contribution in [0.4, 0.5) is 0 Å². The van der Waals surface area contributed by atoms with Gasteiger partial charge in [-0.1, -0.05) is 42.5 Å². The largest absolute Gasteiger partial charge is 0.461 e. The van der Waals surface area contributed by atoms with Gasteiger partial charge in [-0.25, -0.2) is 0 Å². The van der Waals surface area contributed by atoms with Crippen LogP contribution in [0.3, 0.4) is 0 Å². The third-order valence-corrected chi connectivity index (χ3v) is 5.16. The Morgan fingerprint density at radius 1 is 1.21 bits per heavy atom. The molecule has 3 atom stereocenters. The second kappa shape index (κ2) is 8.48. The average molecular weight is 327 g/mol. The van der Waals surface area contributed by atoms with E-state index in [1.165, 1.54) is 12.8 Å². The first-order valence-electron chi connectivity index (χ1n) is 9.38. The molecule has 1 aliphatic carbocycles. The molecule has 0 aromatic heterocycles. The molecular formula is C21H29NO2. The van der Waals surface area contributed by atoms with E-state index in [1.54, 1.807) is 0 Å². The van der Waals surface area contributed by atoms with Gasteiger partial charge < -0.3 is 4.74 Å². The highest BCUT2D eigenvalue weighted by molar-refractivity contribution is 5.79. The van der Waals surface area contributed by atoms with Gasteiger partial charge in [-0.05, 0) is 63.6 Å². The predicted octanol–water partition coefficient (Wildman–Crippen LogP) is 4.15. The van der Waals surface area contributed by atoms with Gasteiger partial charge in [-0.2, -0.15) is 0 Å². The molecule has 0 amide bonds. The van der Waals surface area contributed by atoms with Crippen molar-refractivity contribution in [2.24, 2.45) is 5.92 Å². The minimum Gasteiger partial charge on any atom is -0.461 e. The molecule has 0 saturated carbocycles. The number of hydrogen-bond donors (Lipinski definition) is 0. The number of carbonyl (C=O) groups is 1. The maximum Gasteiger partial charge on any atom is 0.314 e. The molecule has 0 N–H and O–H groups in total. The fourth-order valence-corrected chi connectivity index (χ4v) is 3.97. The second-order valence-corrected chi connectivity index (χ2v) is 7.17. The predicted molar refractivity (Wildman–Crippen MR) is 96.9 cm³/mol. The van der Waals surface area contributed by atoms with Crippen molar-refractivity contribution in [3.63, 3.8) is 0 Å². The molecule has 1 heterocycles. The van der Waals surface area contributed by atoms with E-state index in [0.29, 0.717) is 0 Å². The molecule has 0 bridgehead atoms. The van der Waals surface area contributed by atoms with Crippen molar-refractivity contribution in [2.75, 3.05) is 19.6 Å². The lowest BCUT2D eigenvalue weighted by Gasteiger charge is -2.28. The van der Waals surface area contributed by atoms with Gasteiger partial charge in [-0.3, -0.25) is 9.69 Å². The summed E-state index contributed by atoms with van der Waals surface area (Å²) in [5, 5.41) is 0. The minimum absolute atomic E-state index is 0.0469. The van der Waals surface area contributed by atoms with Crippen LogP contribution >= 0.6 is 0 Å². The molecule has 0 radical (unpaired) electrons. The Labute approximate surface area is 145 Å². The SMILES string of the molecule is C[C@@H](CN1CCCC1)OC(=O)[C@H](c1ccccc1)[C@H]1C=CCCC1. The molecule has 24 heavy (non-hydrogen) atoms. The Balaban J connectivity index is 1.68. The lowest BCUT2D eigenvalue weighted by atomic mass is 9.80. The standard InChI is InChI=1S/C21H29NO2/c1-17(16-22-14-8-9-15-22)24-21(23)20(18-10-4-2-5-11-18)19-12-6-3-7-13-19/h2,4-6,10-12,17,19-20H,3,7-9,13-16H2,1H3/t17-,19-,20+/m0/s1. The summed E-state index contributed by atoms with van der Waals surface area (Å²) < 4.78 is 5.87. The van der Waals surface area contributed by atoms with E-state index in [9.17, 15) is 4.79 Å². The van der Waals surface area contributed by atoms with Gasteiger partial charge in [0.05, 0.1) is 5.92 Å². The molecule has 0 unspecified atom stereocenters. The summed E-state index contributed by atoms with van der Waals surface area (Å²) in [7, 11) is 0. The summed E-state index contributed by atoms with van der Waals surface area (Å²) in [6.45, 7) is 5.15. The molecular weight excluding hydrogens is 298 g/mol. The molecule has 3 heteroatoms. The van der Waals surface area contributed by atoms with Crippen LogP contribution in [0, 0.1) is 5.92 Å². The molecule has 1 fully saturated rings. The molecule has 3 nitrogen and oxygen atoms in total. The maximum atomic E-state index is 13.0. The van der Waals surface area contributed by atoms with Crippen LogP contribution in [0.5, 0.6) is 0 Å². The first-order chi connectivity index (χ1) is 11.7. The Morgan fingerprint density at radius 3 is 2.62 bits per heavy atom. The lowest BCUT2D eigenvalue weighted by molar-refractivity contribution is -0.152. The monoisotopic (exact) mass is 327 g/mol. The molecule has 0 spiro atoms. The number of allylic oxidation sites excluding steroid dienone is 2. The van der Waals surface area contributed by atoms with E-state index < -0.39 is 0 Å². The van der Waals surface area contributed by atoms with Crippen molar-refractivity contribution in [3.05, 3.63) is 48.0 Å². The lowest BCUT2D eigenvalue weighted by Crippen LogP contribution is -2.34. The molecule has 130 valence electrons. The third-order valence-electron chi connectivity index (χ3n) is 5.16. The number of nitrogens with zero attached hydrogens (tertiary/aromatic N) is 1. The fourth-order valence-electron chi connectivity index (χ4n) is 3.97. The van der Waals surface area contributed by atoms with Crippen LogP contribution < -0.4 is 0 Å². The Kier molecular flexibility index (Phi) is 6.08. The van der Waals surface area contributed by atoms with E-state index in [4.69, 9.17) is 4.74 Å². The van der Waals surface area contributed by atoms with Crippen LogP contribution in [0.1, 0.15) is 50.5 Å². The van der Waals surface area contributed by atoms with Crippen LogP contribution in [0.15, 0.2) is 42.5 Å². The Hall–Kier alpha value is -1.61. The fraction of sp³-hybridized carbons (Fsp3) is 0.571. The zero-order valence-electron chi connectivity index (χ0n) is 14.7. The first-order valence-corrected chi connectivity index (χ1v) is 9.38. The second-order valence-electron chi connectivity index (χ2n) is 7.17. The summed E-state index contributed by atoms with van der Waals surface area (Å²) in [4.78, 5) is 15.4. The van der Waals surface area contributed by atoms with Gasteiger partial charge in [0.15, 0.2) is 0 Å². The van der Waals surface area contributed by atoms with E-state index in [2.05, 4.69) is 29.2 Å². The molecule has 3 rings (SSSR count). The summed E-state index contributed by atoms with van der Waals surface area (Å²) in [5.41, 5.74) is 1.08. The summed E-state index contributed by atoms with van der Waals surface area (Å²) in [5.74, 6) is 0.0147. The highest BCUT2D eigenvalue weighted by Crippen LogP contribution is 2.33. The number of esters is 1. The topological polar surface area (TPSA) is 29.5 Å². The molecule has 1 aromatic rings. The third kappa shape index (κ3) is 4.47. The quantitative estimate of drug-likeness (QED) is 0.580. The Bertz CT molecular complexity index is 548. The van der Waals surface area contributed by atoms with Gasteiger partial charge in [0.1, 0.15) is 6.10 Å². The van der Waals surface area contributed by atoms with Crippen molar-refractivity contribution in [1.29, 1.82) is 0 Å². The highest BCUT2D eigenvalue weighted by Gasteiger charge is 2.31. The van der Waals surface area contributed by atoms with Crippen molar-refractivity contribution >= 4 is 5.97 Å². The van der Waals surface area contributed by atoms with Gasteiger partial charge in [0.2, 0.25) is 0 Å². The molecule has 1 aromatic carbocycles. The summed E-state index contributed by atoms with van der Waals surface area (Å²) in [6, 6.07) is 10.1. The number of ether oxygens (including phenoxy) is 1. The van der Waals surface area contributed by atoms with Crippen LogP contribution in [0.2, 0.25) is 0 Å². The van der Waals surface area contributed by atoms with Crippen LogP contribution in [-0.4, -0.2) is 36.6 Å². The van der Waals surface area contributed by atoms with E-state index in [0.717, 1.165) is 44.5 Å². The molecule has 1 aliphatic heterocycles. The van der Waals surface area contributed by atoms with E-state index in [1.807, 2.05) is 25.1 Å². The van der Waals surface area contributed by atoms with Crippen molar-refractivity contribution in [1.82, 2.24) is 4.90 Å². The maximum absolute atomic E-state index is 13.0. The van der Waals surface area contributed by atoms with Gasteiger partial charge in [0, 0.05) is 6.54 Å². The number of rotatable bonds is 6. The smallest absolute Gasteiger partial charge is 0.314 e. The number of hydrogen-bond acceptors (Lipinski definition) is 3.